The smallest absolute Gasteiger partial charge is 0.291 e. The number of ether oxygens (including phenoxy) is 2. The number of rotatable bonds is 5. The predicted octanol–water partition coefficient (Wildman–Crippen LogP) is 3.86. The monoisotopic (exact) mass is 456 g/mol. The third-order valence-corrected chi connectivity index (χ3v) is 4.69. The maximum atomic E-state index is 12.4. The zero-order valence-corrected chi connectivity index (χ0v) is 16.8. The van der Waals surface area contributed by atoms with Crippen molar-refractivity contribution >= 4 is 33.4 Å². The summed E-state index contributed by atoms with van der Waals surface area (Å²) in [5, 5.41) is 5.55. The molecule has 2 amide bonds. The molecular weight excluding hydrogens is 440 g/mol. The lowest BCUT2D eigenvalue weighted by atomic mass is 10.2. The summed E-state index contributed by atoms with van der Waals surface area (Å²) < 4.78 is 17.1. The number of nitrogens with one attached hydrogen (secondary N) is 2. The Bertz CT molecular complexity index is 1030. The molecular formula is C21H17BrN2O5. The summed E-state index contributed by atoms with van der Waals surface area (Å²) in [6.45, 7) is 0.685. The maximum absolute atomic E-state index is 12.4. The minimum absolute atomic E-state index is 0.190. The first-order chi connectivity index (χ1) is 14.1. The molecule has 0 saturated carbocycles. The second kappa shape index (κ2) is 8.40. The van der Waals surface area contributed by atoms with Gasteiger partial charge in [0, 0.05) is 11.3 Å². The van der Waals surface area contributed by atoms with Crippen LogP contribution in [0.15, 0.2) is 69.8 Å². The first kappa shape index (κ1) is 19.1. The van der Waals surface area contributed by atoms with E-state index in [9.17, 15) is 9.59 Å². The van der Waals surface area contributed by atoms with Gasteiger partial charge in [0.05, 0.1) is 6.54 Å². The molecule has 2 N–H and O–H groups in total. The summed E-state index contributed by atoms with van der Waals surface area (Å²) in [6.07, 6.45) is -0.264. The molecule has 2 aromatic carbocycles. The van der Waals surface area contributed by atoms with Gasteiger partial charge in [-0.25, -0.2) is 0 Å². The zero-order chi connectivity index (χ0) is 20.2. The van der Waals surface area contributed by atoms with Crippen LogP contribution in [-0.4, -0.2) is 31.1 Å². The SMILES string of the molecule is O=C(NCC1COc2ccccc2O1)c1ccc(NC(=O)c2ccc(Br)o2)cc1. The van der Waals surface area contributed by atoms with Crippen molar-refractivity contribution in [2.45, 2.75) is 6.10 Å². The molecule has 29 heavy (non-hydrogen) atoms. The van der Waals surface area contributed by atoms with Gasteiger partial charge in [-0.15, -0.1) is 0 Å². The van der Waals surface area contributed by atoms with E-state index < -0.39 is 0 Å². The average Bonchev–Trinajstić information content (AvgIpc) is 3.19. The quantitative estimate of drug-likeness (QED) is 0.608. The van der Waals surface area contributed by atoms with E-state index in [4.69, 9.17) is 13.9 Å². The summed E-state index contributed by atoms with van der Waals surface area (Å²) in [6, 6.07) is 17.2. The molecule has 3 aromatic rings. The third-order valence-electron chi connectivity index (χ3n) is 4.26. The number of fused-ring (bicyclic) bond motifs is 1. The van der Waals surface area contributed by atoms with Gasteiger partial charge >= 0.3 is 0 Å². The van der Waals surface area contributed by atoms with Crippen LogP contribution in [-0.2, 0) is 0 Å². The van der Waals surface area contributed by atoms with Crippen LogP contribution in [0, 0.1) is 0 Å². The molecule has 2 heterocycles. The Morgan fingerprint density at radius 1 is 0.966 bits per heavy atom. The fraction of sp³-hybridized carbons (Fsp3) is 0.143. The molecule has 0 aliphatic carbocycles. The van der Waals surface area contributed by atoms with Gasteiger partial charge in [0.1, 0.15) is 12.7 Å². The number of furan rings is 1. The Balaban J connectivity index is 1.30. The van der Waals surface area contributed by atoms with E-state index in [1.54, 1.807) is 36.4 Å². The van der Waals surface area contributed by atoms with Crippen LogP contribution in [0.1, 0.15) is 20.9 Å². The maximum Gasteiger partial charge on any atom is 0.291 e. The highest BCUT2D eigenvalue weighted by molar-refractivity contribution is 9.10. The molecule has 1 aromatic heterocycles. The highest BCUT2D eigenvalue weighted by atomic mass is 79.9. The van der Waals surface area contributed by atoms with Gasteiger partial charge in [-0.2, -0.15) is 0 Å². The Hall–Kier alpha value is -3.26. The Labute approximate surface area is 175 Å². The lowest BCUT2D eigenvalue weighted by Crippen LogP contribution is -2.40. The summed E-state index contributed by atoms with van der Waals surface area (Å²) in [4.78, 5) is 24.5. The Morgan fingerprint density at radius 2 is 1.72 bits per heavy atom. The van der Waals surface area contributed by atoms with Gasteiger partial charge in [-0.1, -0.05) is 12.1 Å². The van der Waals surface area contributed by atoms with Gasteiger partial charge in [-0.05, 0) is 64.5 Å². The van der Waals surface area contributed by atoms with E-state index in [2.05, 4.69) is 26.6 Å². The molecule has 0 radical (unpaired) electrons. The number of halogens is 1. The summed E-state index contributed by atoms with van der Waals surface area (Å²) in [5.41, 5.74) is 1.03. The molecule has 148 valence electrons. The van der Waals surface area contributed by atoms with Crippen molar-refractivity contribution in [3.63, 3.8) is 0 Å². The number of anilines is 1. The van der Waals surface area contributed by atoms with Crippen molar-refractivity contribution in [1.82, 2.24) is 5.32 Å². The van der Waals surface area contributed by atoms with Crippen molar-refractivity contribution in [3.8, 4) is 11.5 Å². The standard InChI is InChI=1S/C21H17BrN2O5/c22-19-10-9-18(29-19)21(26)24-14-7-5-13(6-8-14)20(25)23-11-15-12-27-16-3-1-2-4-17(16)28-15/h1-10,15H,11-12H2,(H,23,25)(H,24,26). The van der Waals surface area contributed by atoms with Crippen LogP contribution >= 0.6 is 15.9 Å². The van der Waals surface area contributed by atoms with E-state index in [-0.39, 0.29) is 23.7 Å². The van der Waals surface area contributed by atoms with Gasteiger partial charge in [0.2, 0.25) is 0 Å². The van der Waals surface area contributed by atoms with Crippen molar-refractivity contribution < 1.29 is 23.5 Å². The lowest BCUT2D eigenvalue weighted by Gasteiger charge is -2.26. The molecule has 0 spiro atoms. The molecule has 0 saturated heterocycles. The number of benzene rings is 2. The number of hydrogen-bond donors (Lipinski definition) is 2. The molecule has 1 aliphatic rings. The second-order valence-electron chi connectivity index (χ2n) is 6.34. The molecule has 0 bridgehead atoms. The molecule has 1 aliphatic heterocycles. The number of amides is 2. The number of para-hydroxylation sites is 2. The molecule has 1 atom stereocenters. The molecule has 1 unspecified atom stereocenters. The van der Waals surface area contributed by atoms with Gasteiger partial charge in [0.15, 0.2) is 21.9 Å². The van der Waals surface area contributed by atoms with Gasteiger partial charge < -0.3 is 24.5 Å². The Kier molecular flexibility index (Phi) is 5.53. The highest BCUT2D eigenvalue weighted by Gasteiger charge is 2.21. The molecule has 7 nitrogen and oxygen atoms in total. The van der Waals surface area contributed by atoms with Crippen molar-refractivity contribution in [1.29, 1.82) is 0 Å². The van der Waals surface area contributed by atoms with E-state index in [1.807, 2.05) is 24.3 Å². The highest BCUT2D eigenvalue weighted by Crippen LogP contribution is 2.30. The van der Waals surface area contributed by atoms with Crippen LogP contribution in [0.25, 0.3) is 0 Å². The van der Waals surface area contributed by atoms with Crippen LogP contribution < -0.4 is 20.1 Å². The van der Waals surface area contributed by atoms with E-state index in [1.165, 1.54) is 0 Å². The zero-order valence-electron chi connectivity index (χ0n) is 15.2. The van der Waals surface area contributed by atoms with E-state index in [0.717, 1.165) is 0 Å². The predicted molar refractivity (Wildman–Crippen MR) is 109 cm³/mol. The number of hydrogen-bond acceptors (Lipinski definition) is 5. The first-order valence-electron chi connectivity index (χ1n) is 8.92. The molecule has 0 fully saturated rings. The molecule has 4 rings (SSSR count). The Morgan fingerprint density at radius 3 is 2.45 bits per heavy atom. The normalized spacial score (nSPS) is 14.9. The van der Waals surface area contributed by atoms with Gasteiger partial charge in [0.25, 0.3) is 11.8 Å². The van der Waals surface area contributed by atoms with Crippen LogP contribution in [0.4, 0.5) is 5.69 Å². The van der Waals surface area contributed by atoms with E-state index in [0.29, 0.717) is 40.6 Å². The van der Waals surface area contributed by atoms with Crippen LogP contribution in [0.2, 0.25) is 0 Å². The van der Waals surface area contributed by atoms with Crippen molar-refractivity contribution in [3.05, 3.63) is 76.7 Å². The fourth-order valence-electron chi connectivity index (χ4n) is 2.81. The lowest BCUT2D eigenvalue weighted by molar-refractivity contribution is 0.0789. The average molecular weight is 457 g/mol. The summed E-state index contributed by atoms with van der Waals surface area (Å²) in [5.74, 6) is 0.953. The topological polar surface area (TPSA) is 89.8 Å². The largest absolute Gasteiger partial charge is 0.486 e. The minimum atomic E-state index is -0.373. The summed E-state index contributed by atoms with van der Waals surface area (Å²) >= 11 is 3.15. The number of carbonyl (C=O) groups excluding carboxylic acids is 2. The first-order valence-corrected chi connectivity index (χ1v) is 9.71. The summed E-state index contributed by atoms with van der Waals surface area (Å²) in [7, 11) is 0. The van der Waals surface area contributed by atoms with E-state index >= 15 is 0 Å². The minimum Gasteiger partial charge on any atom is -0.486 e. The number of carbonyl (C=O) groups is 2. The van der Waals surface area contributed by atoms with Gasteiger partial charge in [-0.3, -0.25) is 9.59 Å². The fourth-order valence-corrected chi connectivity index (χ4v) is 3.11. The third kappa shape index (κ3) is 4.60. The second-order valence-corrected chi connectivity index (χ2v) is 7.12. The van der Waals surface area contributed by atoms with Crippen LogP contribution in [0.5, 0.6) is 11.5 Å². The van der Waals surface area contributed by atoms with Crippen molar-refractivity contribution in [2.24, 2.45) is 0 Å². The van der Waals surface area contributed by atoms with Crippen molar-refractivity contribution in [2.75, 3.05) is 18.5 Å². The van der Waals surface area contributed by atoms with Crippen LogP contribution in [0.3, 0.4) is 0 Å². The molecule has 8 heteroatoms.